The van der Waals surface area contributed by atoms with Crippen LogP contribution in [0.25, 0.3) is 0 Å². The molecule has 0 aliphatic carbocycles. The van der Waals surface area contributed by atoms with Crippen LogP contribution in [0.5, 0.6) is 0 Å². The summed E-state index contributed by atoms with van der Waals surface area (Å²) in [6, 6.07) is 0.534. The molecule has 1 rings (SSSR count). The van der Waals surface area contributed by atoms with Crippen LogP contribution in [-0.2, 0) is 0 Å². The fourth-order valence-electron chi connectivity index (χ4n) is 1.50. The van der Waals surface area contributed by atoms with Gasteiger partial charge in [0.05, 0.1) is 5.56 Å². The topological polar surface area (TPSA) is 58.1 Å². The molecule has 0 radical (unpaired) electrons. The van der Waals surface area contributed by atoms with E-state index in [0.717, 1.165) is 13.0 Å². The number of carbonyl (C=O) groups is 1. The molecule has 0 fully saturated rings. The van der Waals surface area contributed by atoms with Crippen molar-refractivity contribution in [1.29, 1.82) is 0 Å². The summed E-state index contributed by atoms with van der Waals surface area (Å²) in [6.45, 7) is 5.91. The van der Waals surface area contributed by atoms with Crippen molar-refractivity contribution in [2.24, 2.45) is 0 Å². The lowest BCUT2D eigenvalue weighted by Gasteiger charge is -2.23. The Morgan fingerprint density at radius 1 is 1.56 bits per heavy atom. The molecule has 0 aliphatic rings. The molecule has 0 spiro atoms. The van der Waals surface area contributed by atoms with Crippen LogP contribution >= 0.6 is 11.6 Å². The van der Waals surface area contributed by atoms with Crippen LogP contribution in [0.1, 0.15) is 30.6 Å². The van der Waals surface area contributed by atoms with Gasteiger partial charge in [0.15, 0.2) is 6.29 Å². The maximum absolute atomic E-state index is 10.9. The fourth-order valence-corrected chi connectivity index (χ4v) is 1.68. The van der Waals surface area contributed by atoms with Crippen molar-refractivity contribution in [1.82, 2.24) is 14.9 Å². The molecule has 1 unspecified atom stereocenters. The van der Waals surface area contributed by atoms with Crippen molar-refractivity contribution < 1.29 is 4.79 Å². The summed E-state index contributed by atoms with van der Waals surface area (Å²) in [4.78, 5) is 20.9. The summed E-state index contributed by atoms with van der Waals surface area (Å²) < 4.78 is 0. The second-order valence-corrected chi connectivity index (χ2v) is 4.57. The molecule has 0 saturated heterocycles. The Bertz CT molecular complexity index is 400. The van der Waals surface area contributed by atoms with Crippen molar-refractivity contribution in [2.45, 2.75) is 26.3 Å². The zero-order chi connectivity index (χ0) is 13.5. The number of carbonyl (C=O) groups excluding carboxylic acids is 1. The van der Waals surface area contributed by atoms with E-state index in [1.807, 2.05) is 0 Å². The Balaban J connectivity index is 2.54. The first-order chi connectivity index (χ1) is 8.60. The quantitative estimate of drug-likeness (QED) is 0.607. The SMILES string of the molecule is CCC(C)N(C)CCNc1ncnc(Cl)c1C=O. The summed E-state index contributed by atoms with van der Waals surface area (Å²) in [5.41, 5.74) is 0.311. The molecule has 1 heterocycles. The van der Waals surface area contributed by atoms with Gasteiger partial charge < -0.3 is 10.2 Å². The zero-order valence-electron chi connectivity index (χ0n) is 11.0. The molecule has 0 bridgehead atoms. The molecule has 6 heteroatoms. The van der Waals surface area contributed by atoms with E-state index in [1.54, 1.807) is 0 Å². The number of anilines is 1. The second kappa shape index (κ2) is 7.28. The van der Waals surface area contributed by atoms with Crippen LogP contribution < -0.4 is 5.32 Å². The van der Waals surface area contributed by atoms with Gasteiger partial charge >= 0.3 is 0 Å². The van der Waals surface area contributed by atoms with Crippen molar-refractivity contribution in [3.05, 3.63) is 17.0 Å². The summed E-state index contributed by atoms with van der Waals surface area (Å²) in [7, 11) is 2.07. The number of hydrogen-bond donors (Lipinski definition) is 1. The third-order valence-corrected chi connectivity index (χ3v) is 3.35. The van der Waals surface area contributed by atoms with E-state index in [1.165, 1.54) is 6.33 Å². The van der Waals surface area contributed by atoms with E-state index >= 15 is 0 Å². The number of aromatic nitrogens is 2. The maximum atomic E-state index is 10.9. The molecule has 0 amide bonds. The number of rotatable bonds is 7. The van der Waals surface area contributed by atoms with E-state index in [9.17, 15) is 4.79 Å². The van der Waals surface area contributed by atoms with Crippen molar-refractivity contribution >= 4 is 23.7 Å². The number of nitrogens with zero attached hydrogens (tertiary/aromatic N) is 3. The molecular weight excluding hydrogens is 252 g/mol. The smallest absolute Gasteiger partial charge is 0.156 e. The third kappa shape index (κ3) is 3.92. The Hall–Kier alpha value is -1.20. The number of likely N-dealkylation sites (N-methyl/N-ethyl adjacent to an activating group) is 1. The zero-order valence-corrected chi connectivity index (χ0v) is 11.7. The van der Waals surface area contributed by atoms with Crippen LogP contribution in [0, 0.1) is 0 Å². The monoisotopic (exact) mass is 270 g/mol. The molecule has 18 heavy (non-hydrogen) atoms. The molecule has 100 valence electrons. The van der Waals surface area contributed by atoms with E-state index in [2.05, 4.69) is 41.1 Å². The molecule has 1 aromatic heterocycles. The van der Waals surface area contributed by atoms with E-state index < -0.39 is 0 Å². The van der Waals surface area contributed by atoms with Crippen LogP contribution in [0.2, 0.25) is 5.15 Å². The van der Waals surface area contributed by atoms with Crippen LogP contribution in [0.3, 0.4) is 0 Å². The Labute approximate surface area is 113 Å². The van der Waals surface area contributed by atoms with Gasteiger partial charge in [-0.2, -0.15) is 0 Å². The number of aldehydes is 1. The minimum Gasteiger partial charge on any atom is -0.368 e. The van der Waals surface area contributed by atoms with Crippen LogP contribution in [-0.4, -0.2) is 47.3 Å². The van der Waals surface area contributed by atoms with Crippen LogP contribution in [0.15, 0.2) is 6.33 Å². The lowest BCUT2D eigenvalue weighted by molar-refractivity contribution is 0.112. The van der Waals surface area contributed by atoms with E-state index in [4.69, 9.17) is 11.6 Å². The maximum Gasteiger partial charge on any atom is 0.156 e. The Morgan fingerprint density at radius 3 is 2.89 bits per heavy atom. The van der Waals surface area contributed by atoms with E-state index in [0.29, 0.717) is 30.3 Å². The second-order valence-electron chi connectivity index (χ2n) is 4.21. The molecule has 5 nitrogen and oxygen atoms in total. The first-order valence-electron chi connectivity index (χ1n) is 5.99. The number of hydrogen-bond acceptors (Lipinski definition) is 5. The van der Waals surface area contributed by atoms with Gasteiger partial charge in [0.2, 0.25) is 0 Å². The average Bonchev–Trinajstić information content (AvgIpc) is 2.37. The minimum absolute atomic E-state index is 0.179. The van der Waals surface area contributed by atoms with Gasteiger partial charge in [-0.1, -0.05) is 18.5 Å². The van der Waals surface area contributed by atoms with Gasteiger partial charge in [0.25, 0.3) is 0 Å². The van der Waals surface area contributed by atoms with Gasteiger partial charge in [-0.25, -0.2) is 9.97 Å². The lowest BCUT2D eigenvalue weighted by Crippen LogP contribution is -2.32. The fraction of sp³-hybridized carbons (Fsp3) is 0.583. The number of halogens is 1. The average molecular weight is 271 g/mol. The van der Waals surface area contributed by atoms with Gasteiger partial charge in [-0.15, -0.1) is 0 Å². The standard InChI is InChI=1S/C12H19ClN4O/c1-4-9(2)17(3)6-5-14-12-10(7-18)11(13)15-8-16-12/h7-9H,4-6H2,1-3H3,(H,14,15,16). The molecule has 0 aliphatic heterocycles. The van der Waals surface area contributed by atoms with Gasteiger partial charge in [0.1, 0.15) is 17.3 Å². The highest BCUT2D eigenvalue weighted by atomic mass is 35.5. The normalized spacial score (nSPS) is 12.5. The first-order valence-corrected chi connectivity index (χ1v) is 6.37. The summed E-state index contributed by atoms with van der Waals surface area (Å²) in [5.74, 6) is 0.488. The van der Waals surface area contributed by atoms with E-state index in [-0.39, 0.29) is 5.15 Å². The largest absolute Gasteiger partial charge is 0.368 e. The van der Waals surface area contributed by atoms with Crippen molar-refractivity contribution in [3.63, 3.8) is 0 Å². The molecule has 0 saturated carbocycles. The molecule has 1 aromatic rings. The molecular formula is C12H19ClN4O. The van der Waals surface area contributed by atoms with Crippen LogP contribution in [0.4, 0.5) is 5.82 Å². The van der Waals surface area contributed by atoms with Crippen molar-refractivity contribution in [3.8, 4) is 0 Å². The summed E-state index contributed by atoms with van der Waals surface area (Å²) in [6.07, 6.45) is 3.12. The highest BCUT2D eigenvalue weighted by Gasteiger charge is 2.10. The van der Waals surface area contributed by atoms with Gasteiger partial charge in [-0.05, 0) is 20.4 Å². The summed E-state index contributed by atoms with van der Waals surface area (Å²) >= 11 is 5.81. The number of nitrogens with one attached hydrogen (secondary N) is 1. The highest BCUT2D eigenvalue weighted by molar-refractivity contribution is 6.32. The lowest BCUT2D eigenvalue weighted by atomic mass is 10.2. The third-order valence-electron chi connectivity index (χ3n) is 3.05. The predicted octanol–water partition coefficient (Wildman–Crippen LogP) is 2.08. The molecule has 0 aromatic carbocycles. The molecule has 1 atom stereocenters. The van der Waals surface area contributed by atoms with Gasteiger partial charge in [0, 0.05) is 19.1 Å². The highest BCUT2D eigenvalue weighted by Crippen LogP contribution is 2.16. The first kappa shape index (κ1) is 14.9. The minimum atomic E-state index is 0.179. The van der Waals surface area contributed by atoms with Crippen molar-refractivity contribution in [2.75, 3.05) is 25.5 Å². The Kier molecular flexibility index (Phi) is 6.01. The van der Waals surface area contributed by atoms with Gasteiger partial charge in [-0.3, -0.25) is 4.79 Å². The summed E-state index contributed by atoms with van der Waals surface area (Å²) in [5, 5.41) is 3.28. The molecule has 1 N–H and O–H groups in total. The Morgan fingerprint density at radius 2 is 2.28 bits per heavy atom. The predicted molar refractivity (Wildman–Crippen MR) is 73.3 cm³/mol.